The highest BCUT2D eigenvalue weighted by atomic mass is 79.9. The van der Waals surface area contributed by atoms with Crippen molar-refractivity contribution < 1.29 is 4.79 Å². The van der Waals surface area contributed by atoms with Crippen LogP contribution < -0.4 is 10.6 Å². The van der Waals surface area contributed by atoms with Gasteiger partial charge in [0.05, 0.1) is 0 Å². The average Bonchev–Trinajstić information content (AvgIpc) is 3.06. The Labute approximate surface area is 110 Å². The van der Waals surface area contributed by atoms with Gasteiger partial charge in [-0.3, -0.25) is 4.79 Å². The molecule has 0 saturated heterocycles. The van der Waals surface area contributed by atoms with Gasteiger partial charge in [-0.15, -0.1) is 0 Å². The molecule has 0 heterocycles. The lowest BCUT2D eigenvalue weighted by atomic mass is 10.1. The number of carbonyl (C=O) groups excluding carboxylic acids is 1. The third kappa shape index (κ3) is 4.13. The van der Waals surface area contributed by atoms with Crippen LogP contribution in [0.15, 0.2) is 22.7 Å². The quantitative estimate of drug-likeness (QED) is 0.818. The Morgan fingerprint density at radius 2 is 2.12 bits per heavy atom. The summed E-state index contributed by atoms with van der Waals surface area (Å²) in [5, 5.41) is 6.28. The summed E-state index contributed by atoms with van der Waals surface area (Å²) in [6, 6.07) is 6.43. The maximum absolute atomic E-state index is 11.8. The molecule has 1 saturated carbocycles. The maximum atomic E-state index is 11.8. The second kappa shape index (κ2) is 5.65. The first-order chi connectivity index (χ1) is 8.15. The highest BCUT2D eigenvalue weighted by Crippen LogP contribution is 2.18. The van der Waals surface area contributed by atoms with Crippen LogP contribution >= 0.6 is 15.9 Å². The number of benzene rings is 1. The molecule has 1 aromatic carbocycles. The summed E-state index contributed by atoms with van der Waals surface area (Å²) < 4.78 is 0.943. The second-order valence-corrected chi connectivity index (χ2v) is 5.42. The predicted molar refractivity (Wildman–Crippen MR) is 72.2 cm³/mol. The van der Waals surface area contributed by atoms with Crippen molar-refractivity contribution in [3.05, 3.63) is 33.8 Å². The Morgan fingerprint density at radius 3 is 2.76 bits per heavy atom. The van der Waals surface area contributed by atoms with Gasteiger partial charge in [-0.2, -0.15) is 0 Å². The molecule has 3 nitrogen and oxygen atoms in total. The summed E-state index contributed by atoms with van der Waals surface area (Å²) in [4.78, 5) is 11.8. The zero-order valence-corrected chi connectivity index (χ0v) is 11.5. The van der Waals surface area contributed by atoms with Gasteiger partial charge in [0, 0.05) is 29.2 Å². The minimum Gasteiger partial charge on any atom is -0.351 e. The van der Waals surface area contributed by atoms with Crippen molar-refractivity contribution >= 4 is 21.8 Å². The molecule has 2 N–H and O–H groups in total. The number of hydrogen-bond acceptors (Lipinski definition) is 2. The first-order valence-electron chi connectivity index (χ1n) is 5.94. The van der Waals surface area contributed by atoms with Crippen LogP contribution in [0.1, 0.15) is 28.8 Å². The molecule has 0 atom stereocenters. The summed E-state index contributed by atoms with van der Waals surface area (Å²) in [6.07, 6.45) is 2.55. The third-order valence-corrected chi connectivity index (χ3v) is 3.18. The van der Waals surface area contributed by atoms with E-state index in [2.05, 4.69) is 26.6 Å². The molecule has 0 radical (unpaired) electrons. The minimum absolute atomic E-state index is 0.00741. The van der Waals surface area contributed by atoms with Crippen molar-refractivity contribution in [1.82, 2.24) is 10.6 Å². The van der Waals surface area contributed by atoms with Gasteiger partial charge in [0.2, 0.25) is 0 Å². The topological polar surface area (TPSA) is 41.1 Å². The zero-order chi connectivity index (χ0) is 12.3. The van der Waals surface area contributed by atoms with Crippen LogP contribution in [0.3, 0.4) is 0 Å². The van der Waals surface area contributed by atoms with E-state index in [1.165, 1.54) is 12.8 Å². The zero-order valence-electron chi connectivity index (χ0n) is 9.92. The fraction of sp³-hybridized carbons (Fsp3) is 0.462. The van der Waals surface area contributed by atoms with Crippen molar-refractivity contribution in [2.24, 2.45) is 0 Å². The lowest BCUT2D eigenvalue weighted by Crippen LogP contribution is -2.32. The fourth-order valence-electron chi connectivity index (χ4n) is 1.71. The van der Waals surface area contributed by atoms with E-state index < -0.39 is 0 Å². The number of hydrogen-bond donors (Lipinski definition) is 2. The molecule has 0 spiro atoms. The van der Waals surface area contributed by atoms with E-state index >= 15 is 0 Å². The molecule has 1 amide bonds. The van der Waals surface area contributed by atoms with Gasteiger partial charge >= 0.3 is 0 Å². The van der Waals surface area contributed by atoms with E-state index in [4.69, 9.17) is 0 Å². The Bertz CT molecular complexity index is 396. The van der Waals surface area contributed by atoms with Crippen LogP contribution in [0.25, 0.3) is 0 Å². The van der Waals surface area contributed by atoms with Crippen LogP contribution in [-0.2, 0) is 0 Å². The molecular formula is C13H17BrN2O. The monoisotopic (exact) mass is 296 g/mol. The average molecular weight is 297 g/mol. The Kier molecular flexibility index (Phi) is 4.18. The molecule has 1 aromatic rings. The Morgan fingerprint density at radius 1 is 1.35 bits per heavy atom. The van der Waals surface area contributed by atoms with Gasteiger partial charge in [-0.05, 0) is 43.5 Å². The van der Waals surface area contributed by atoms with Crippen LogP contribution in [0.5, 0.6) is 0 Å². The van der Waals surface area contributed by atoms with Crippen LogP contribution in [-0.4, -0.2) is 25.0 Å². The molecule has 92 valence electrons. The fourth-order valence-corrected chi connectivity index (χ4v) is 2.32. The Hall–Kier alpha value is -0.870. The summed E-state index contributed by atoms with van der Waals surface area (Å²) in [6.45, 7) is 3.51. The highest BCUT2D eigenvalue weighted by Gasteiger charge is 2.19. The highest BCUT2D eigenvalue weighted by molar-refractivity contribution is 9.10. The molecule has 0 bridgehead atoms. The number of aryl methyl sites for hydroxylation is 1. The van der Waals surface area contributed by atoms with Crippen molar-refractivity contribution in [2.75, 3.05) is 13.1 Å². The van der Waals surface area contributed by atoms with E-state index in [0.29, 0.717) is 18.2 Å². The number of rotatable bonds is 5. The largest absolute Gasteiger partial charge is 0.351 e. The standard InChI is InChI=1S/C13H17BrN2O/c1-9-6-10(8-11(14)7-9)13(17)16-5-4-15-12-2-3-12/h6-8,12,15H,2-5H2,1H3,(H,16,17). The van der Waals surface area contributed by atoms with Gasteiger partial charge in [-0.1, -0.05) is 15.9 Å². The summed E-state index contributed by atoms with van der Waals surface area (Å²) in [5.41, 5.74) is 1.80. The van der Waals surface area contributed by atoms with E-state index in [1.807, 2.05) is 25.1 Å². The van der Waals surface area contributed by atoms with Gasteiger partial charge in [0.1, 0.15) is 0 Å². The lowest BCUT2D eigenvalue weighted by Gasteiger charge is -2.07. The lowest BCUT2D eigenvalue weighted by molar-refractivity contribution is 0.0953. The third-order valence-electron chi connectivity index (χ3n) is 2.73. The van der Waals surface area contributed by atoms with Crippen molar-refractivity contribution in [3.63, 3.8) is 0 Å². The summed E-state index contributed by atoms with van der Waals surface area (Å²) in [5.74, 6) is -0.00741. The molecular weight excluding hydrogens is 280 g/mol. The van der Waals surface area contributed by atoms with Gasteiger partial charge in [-0.25, -0.2) is 0 Å². The maximum Gasteiger partial charge on any atom is 0.251 e. The van der Waals surface area contributed by atoms with Crippen LogP contribution in [0.2, 0.25) is 0 Å². The van der Waals surface area contributed by atoms with Crippen molar-refractivity contribution in [2.45, 2.75) is 25.8 Å². The van der Waals surface area contributed by atoms with E-state index in [0.717, 1.165) is 16.6 Å². The molecule has 0 aromatic heterocycles. The molecule has 2 rings (SSSR count). The number of nitrogens with one attached hydrogen (secondary N) is 2. The molecule has 0 unspecified atom stereocenters. The van der Waals surface area contributed by atoms with E-state index in [-0.39, 0.29) is 5.91 Å². The van der Waals surface area contributed by atoms with E-state index in [1.54, 1.807) is 0 Å². The molecule has 1 fully saturated rings. The molecule has 1 aliphatic rings. The van der Waals surface area contributed by atoms with Crippen molar-refractivity contribution in [1.29, 1.82) is 0 Å². The van der Waals surface area contributed by atoms with E-state index in [9.17, 15) is 4.79 Å². The summed E-state index contributed by atoms with van der Waals surface area (Å²) in [7, 11) is 0. The summed E-state index contributed by atoms with van der Waals surface area (Å²) >= 11 is 3.40. The first kappa shape index (κ1) is 12.6. The smallest absolute Gasteiger partial charge is 0.251 e. The van der Waals surface area contributed by atoms with Crippen molar-refractivity contribution in [3.8, 4) is 0 Å². The Balaban J connectivity index is 1.80. The molecule has 1 aliphatic carbocycles. The number of amides is 1. The van der Waals surface area contributed by atoms with Gasteiger partial charge in [0.15, 0.2) is 0 Å². The van der Waals surface area contributed by atoms with Gasteiger partial charge < -0.3 is 10.6 Å². The van der Waals surface area contributed by atoms with Crippen LogP contribution in [0.4, 0.5) is 0 Å². The predicted octanol–water partition coefficient (Wildman–Crippen LogP) is 2.24. The molecule has 4 heteroatoms. The molecule has 0 aliphatic heterocycles. The number of carbonyl (C=O) groups is 1. The van der Waals surface area contributed by atoms with Crippen LogP contribution in [0, 0.1) is 6.92 Å². The SMILES string of the molecule is Cc1cc(Br)cc(C(=O)NCCNC2CC2)c1. The normalized spacial score (nSPS) is 14.7. The molecule has 17 heavy (non-hydrogen) atoms. The first-order valence-corrected chi connectivity index (χ1v) is 6.73. The second-order valence-electron chi connectivity index (χ2n) is 4.50. The minimum atomic E-state index is -0.00741. The van der Waals surface area contributed by atoms with Gasteiger partial charge in [0.25, 0.3) is 5.91 Å². The number of halogens is 1.